The van der Waals surface area contributed by atoms with Crippen LogP contribution in [0.15, 0.2) is 6.07 Å². The number of nitrogens with one attached hydrogen (secondary N) is 1. The van der Waals surface area contributed by atoms with Crippen LogP contribution >= 0.6 is 11.3 Å². The average Bonchev–Trinajstić information content (AvgIpc) is 2.80. The lowest BCUT2D eigenvalue weighted by molar-refractivity contribution is -0.120. The third-order valence-corrected chi connectivity index (χ3v) is 5.14. The Morgan fingerprint density at radius 3 is 2.62 bits per heavy atom. The molecule has 0 aliphatic heterocycles. The molecule has 0 radical (unpaired) electrons. The van der Waals surface area contributed by atoms with Gasteiger partial charge in [-0.15, -0.1) is 11.3 Å². The molecule has 0 saturated heterocycles. The molecule has 0 atom stereocenters. The molecular weight excluding hydrogens is 286 g/mol. The van der Waals surface area contributed by atoms with E-state index in [0.717, 1.165) is 42.2 Å². The number of hydrogen-bond donors (Lipinski definition) is 1. The van der Waals surface area contributed by atoms with Crippen molar-refractivity contribution in [3.05, 3.63) is 16.5 Å². The van der Waals surface area contributed by atoms with E-state index in [4.69, 9.17) is 4.74 Å². The fourth-order valence-corrected chi connectivity index (χ4v) is 3.66. The first-order valence-corrected chi connectivity index (χ1v) is 8.41. The zero-order valence-electron chi connectivity index (χ0n) is 12.9. The maximum Gasteiger partial charge on any atom is 0.348 e. The number of thiophene rings is 1. The summed E-state index contributed by atoms with van der Waals surface area (Å²) in [6.07, 6.45) is 4.16. The quantitative estimate of drug-likeness (QED) is 0.855. The predicted molar refractivity (Wildman–Crippen MR) is 84.8 cm³/mol. The molecule has 1 aromatic heterocycles. The first kappa shape index (κ1) is 16.0. The number of amides is 1. The average molecular weight is 309 g/mol. The Morgan fingerprint density at radius 1 is 1.33 bits per heavy atom. The standard InChI is InChI=1S/C16H23NO3S/c1-4-20-16(19)14-11(3)9-13(21-14)17-15(18)12-7-5-10(2)6-8-12/h9-10,12H,4-8H2,1-3H3,(H,17,18). The lowest BCUT2D eigenvalue weighted by Crippen LogP contribution is -2.26. The highest BCUT2D eigenvalue weighted by Crippen LogP contribution is 2.31. The van der Waals surface area contributed by atoms with Gasteiger partial charge < -0.3 is 10.1 Å². The molecule has 21 heavy (non-hydrogen) atoms. The van der Waals surface area contributed by atoms with Crippen LogP contribution in [-0.2, 0) is 9.53 Å². The van der Waals surface area contributed by atoms with Gasteiger partial charge in [0.1, 0.15) is 4.88 Å². The molecule has 1 amide bonds. The maximum atomic E-state index is 12.3. The number of esters is 1. The van der Waals surface area contributed by atoms with Crippen LogP contribution in [0.3, 0.4) is 0 Å². The molecule has 1 aliphatic carbocycles. The van der Waals surface area contributed by atoms with Gasteiger partial charge >= 0.3 is 5.97 Å². The van der Waals surface area contributed by atoms with Gasteiger partial charge in [0.25, 0.3) is 0 Å². The molecule has 5 heteroatoms. The summed E-state index contributed by atoms with van der Waals surface area (Å²) in [6, 6.07) is 1.85. The number of carbonyl (C=O) groups excluding carboxylic acids is 2. The second-order valence-corrected chi connectivity index (χ2v) is 6.84. The van der Waals surface area contributed by atoms with E-state index >= 15 is 0 Å². The summed E-state index contributed by atoms with van der Waals surface area (Å²) in [7, 11) is 0. The van der Waals surface area contributed by atoms with Crippen LogP contribution in [0.25, 0.3) is 0 Å². The summed E-state index contributed by atoms with van der Waals surface area (Å²) in [5.41, 5.74) is 0.853. The number of carbonyl (C=O) groups is 2. The summed E-state index contributed by atoms with van der Waals surface area (Å²) in [5, 5.41) is 3.69. The molecule has 2 rings (SSSR count). The Balaban J connectivity index is 1.98. The molecule has 1 saturated carbocycles. The molecule has 1 heterocycles. The summed E-state index contributed by atoms with van der Waals surface area (Å²) >= 11 is 1.29. The van der Waals surface area contributed by atoms with Crippen molar-refractivity contribution >= 4 is 28.2 Å². The normalized spacial score (nSPS) is 21.9. The van der Waals surface area contributed by atoms with Gasteiger partial charge in [0.2, 0.25) is 5.91 Å². The number of rotatable bonds is 4. The molecule has 116 valence electrons. The smallest absolute Gasteiger partial charge is 0.348 e. The second kappa shape index (κ2) is 7.07. The lowest BCUT2D eigenvalue weighted by atomic mass is 9.82. The second-order valence-electron chi connectivity index (χ2n) is 5.79. The van der Waals surface area contributed by atoms with E-state index in [0.29, 0.717) is 11.5 Å². The Morgan fingerprint density at radius 2 is 2.00 bits per heavy atom. The SMILES string of the molecule is CCOC(=O)c1sc(NC(=O)C2CCC(C)CC2)cc1C. The zero-order chi connectivity index (χ0) is 15.4. The highest BCUT2D eigenvalue weighted by Gasteiger charge is 2.25. The fourth-order valence-electron chi connectivity index (χ4n) is 2.69. The van der Waals surface area contributed by atoms with Crippen LogP contribution in [-0.4, -0.2) is 18.5 Å². The summed E-state index contributed by atoms with van der Waals surface area (Å²) < 4.78 is 5.01. The molecule has 0 unspecified atom stereocenters. The lowest BCUT2D eigenvalue weighted by Gasteiger charge is -2.24. The van der Waals surface area contributed by atoms with E-state index in [2.05, 4.69) is 12.2 Å². The van der Waals surface area contributed by atoms with Crippen molar-refractivity contribution in [2.24, 2.45) is 11.8 Å². The number of hydrogen-bond acceptors (Lipinski definition) is 4. The van der Waals surface area contributed by atoms with E-state index < -0.39 is 0 Å². The minimum absolute atomic E-state index is 0.0820. The third-order valence-electron chi connectivity index (χ3n) is 4.01. The van der Waals surface area contributed by atoms with Crippen molar-refractivity contribution in [2.75, 3.05) is 11.9 Å². The van der Waals surface area contributed by atoms with Crippen LogP contribution < -0.4 is 5.32 Å². The molecule has 1 aromatic rings. The molecule has 1 N–H and O–H groups in total. The summed E-state index contributed by atoms with van der Waals surface area (Å²) in [4.78, 5) is 24.6. The third kappa shape index (κ3) is 4.06. The number of ether oxygens (including phenoxy) is 1. The van der Waals surface area contributed by atoms with Crippen molar-refractivity contribution in [3.63, 3.8) is 0 Å². The van der Waals surface area contributed by atoms with E-state index in [9.17, 15) is 9.59 Å². The Bertz CT molecular complexity index is 516. The molecule has 0 spiro atoms. The minimum Gasteiger partial charge on any atom is -0.462 e. The molecule has 0 bridgehead atoms. The van der Waals surface area contributed by atoms with Crippen molar-refractivity contribution in [1.82, 2.24) is 0 Å². The molecule has 1 fully saturated rings. The Kier molecular flexibility index (Phi) is 5.39. The largest absolute Gasteiger partial charge is 0.462 e. The summed E-state index contributed by atoms with van der Waals surface area (Å²) in [5.74, 6) is 0.605. The van der Waals surface area contributed by atoms with Gasteiger partial charge in [0, 0.05) is 5.92 Å². The number of anilines is 1. The van der Waals surface area contributed by atoms with Gasteiger partial charge in [-0.05, 0) is 57.1 Å². The topological polar surface area (TPSA) is 55.4 Å². The molecule has 1 aliphatic rings. The molecule has 0 aromatic carbocycles. The maximum absolute atomic E-state index is 12.3. The monoisotopic (exact) mass is 309 g/mol. The van der Waals surface area contributed by atoms with E-state index in [1.807, 2.05) is 13.0 Å². The van der Waals surface area contributed by atoms with Gasteiger partial charge in [0.05, 0.1) is 11.6 Å². The van der Waals surface area contributed by atoms with E-state index in [-0.39, 0.29) is 17.8 Å². The van der Waals surface area contributed by atoms with Crippen molar-refractivity contribution in [3.8, 4) is 0 Å². The highest BCUT2D eigenvalue weighted by molar-refractivity contribution is 7.18. The highest BCUT2D eigenvalue weighted by atomic mass is 32.1. The van der Waals surface area contributed by atoms with Crippen LogP contribution in [0.1, 0.15) is 54.8 Å². The fraction of sp³-hybridized carbons (Fsp3) is 0.625. The van der Waals surface area contributed by atoms with Gasteiger partial charge in [-0.2, -0.15) is 0 Å². The predicted octanol–water partition coefficient (Wildman–Crippen LogP) is 4.00. The van der Waals surface area contributed by atoms with E-state index in [1.54, 1.807) is 6.92 Å². The number of aryl methyl sites for hydroxylation is 1. The molecule has 4 nitrogen and oxygen atoms in total. The van der Waals surface area contributed by atoms with E-state index in [1.165, 1.54) is 11.3 Å². The van der Waals surface area contributed by atoms with Gasteiger partial charge in [0.15, 0.2) is 0 Å². The van der Waals surface area contributed by atoms with Crippen LogP contribution in [0.2, 0.25) is 0 Å². The Labute approximate surface area is 129 Å². The summed E-state index contributed by atoms with van der Waals surface area (Å²) in [6.45, 7) is 6.24. The van der Waals surface area contributed by atoms with Gasteiger partial charge in [-0.25, -0.2) is 4.79 Å². The van der Waals surface area contributed by atoms with Crippen molar-refractivity contribution < 1.29 is 14.3 Å². The Hall–Kier alpha value is -1.36. The minimum atomic E-state index is -0.313. The van der Waals surface area contributed by atoms with Gasteiger partial charge in [-0.1, -0.05) is 6.92 Å². The van der Waals surface area contributed by atoms with Crippen molar-refractivity contribution in [2.45, 2.75) is 46.5 Å². The first-order valence-electron chi connectivity index (χ1n) is 7.59. The van der Waals surface area contributed by atoms with Crippen LogP contribution in [0, 0.1) is 18.8 Å². The zero-order valence-corrected chi connectivity index (χ0v) is 13.7. The molecular formula is C16H23NO3S. The van der Waals surface area contributed by atoms with Crippen LogP contribution in [0.5, 0.6) is 0 Å². The first-order chi connectivity index (χ1) is 10.0. The van der Waals surface area contributed by atoms with Gasteiger partial charge in [-0.3, -0.25) is 4.79 Å². The van der Waals surface area contributed by atoms with Crippen LogP contribution in [0.4, 0.5) is 5.00 Å². The van der Waals surface area contributed by atoms with Crippen molar-refractivity contribution in [1.29, 1.82) is 0 Å².